The molecule has 2 unspecified atom stereocenters. The van der Waals surface area contributed by atoms with E-state index in [2.05, 4.69) is 15.0 Å². The molecule has 1 fully saturated rings. The first-order valence-corrected chi connectivity index (χ1v) is 10.3. The molecule has 0 aliphatic carbocycles. The number of imidazole rings is 1. The summed E-state index contributed by atoms with van der Waals surface area (Å²) in [6.45, 7) is 4.39. The van der Waals surface area contributed by atoms with E-state index in [0.717, 1.165) is 12.8 Å². The van der Waals surface area contributed by atoms with Crippen molar-refractivity contribution in [2.75, 3.05) is 26.2 Å². The van der Waals surface area contributed by atoms with E-state index in [-0.39, 0.29) is 31.2 Å². The first-order chi connectivity index (χ1) is 12.6. The van der Waals surface area contributed by atoms with Crippen molar-refractivity contribution in [2.45, 2.75) is 39.0 Å². The Balaban J connectivity index is 1.55. The molecule has 11 heteroatoms. The molecule has 2 aromatic rings. The van der Waals surface area contributed by atoms with E-state index in [1.54, 1.807) is 24.7 Å². The van der Waals surface area contributed by atoms with Crippen LogP contribution in [0, 0.1) is 0 Å². The maximum absolute atomic E-state index is 12.4. The molecule has 2 aromatic heterocycles. The minimum absolute atomic E-state index is 0.103. The molecule has 2 atom stereocenters. The fourth-order valence-corrected chi connectivity index (χ4v) is 4.20. The smallest absolute Gasteiger partial charge is 0.356 e. The van der Waals surface area contributed by atoms with Gasteiger partial charge < -0.3 is 23.6 Å². The summed E-state index contributed by atoms with van der Waals surface area (Å²) >= 11 is 0. The van der Waals surface area contributed by atoms with Gasteiger partial charge >= 0.3 is 7.60 Å². The number of nitrogens with zero attached hydrogens (tertiary/aromatic N) is 4. The minimum atomic E-state index is -3.22. The Kier molecular flexibility index (Phi) is 6.20. The molecule has 0 amide bonds. The molecular weight excluding hydrogens is 363 g/mol. The topological polar surface area (TPSA) is 118 Å². The molecule has 1 saturated heterocycles. The quantitative estimate of drug-likeness (QED) is 0.648. The summed E-state index contributed by atoms with van der Waals surface area (Å²) in [6, 6.07) is 0. The van der Waals surface area contributed by atoms with Crippen LogP contribution in [0.1, 0.15) is 32.9 Å². The molecule has 0 radical (unpaired) electrons. The van der Waals surface area contributed by atoms with Gasteiger partial charge in [-0.2, -0.15) is 4.98 Å². The van der Waals surface area contributed by atoms with Crippen LogP contribution in [0.3, 0.4) is 0 Å². The van der Waals surface area contributed by atoms with Gasteiger partial charge in [0.2, 0.25) is 5.88 Å². The third-order valence-electron chi connectivity index (χ3n) is 3.94. The monoisotopic (exact) mass is 386 g/mol. The average Bonchev–Trinajstić information content (AvgIpc) is 3.22. The second-order valence-corrected chi connectivity index (χ2v) is 7.75. The SMILES string of the molecule is CCOP(=O)(COCC1CCC(n2cnc3c(O)ncnc32)O1)OCC. The standard InChI is InChI=1S/C15H23N4O6P/c1-3-23-26(21,24-4-2)10-22-7-11-5-6-12(25-11)19-9-18-13-14(19)16-8-17-15(13)20/h8-9,11-12H,3-7,10H2,1-2H3,(H,16,17,20). The van der Waals surface area contributed by atoms with Crippen LogP contribution in [0.5, 0.6) is 5.88 Å². The molecule has 10 nitrogen and oxygen atoms in total. The summed E-state index contributed by atoms with van der Waals surface area (Å²) in [7, 11) is -3.22. The van der Waals surface area contributed by atoms with Gasteiger partial charge in [0.15, 0.2) is 11.2 Å². The van der Waals surface area contributed by atoms with Crippen molar-refractivity contribution in [2.24, 2.45) is 0 Å². The van der Waals surface area contributed by atoms with Crippen molar-refractivity contribution in [3.63, 3.8) is 0 Å². The lowest BCUT2D eigenvalue weighted by Gasteiger charge is -2.19. The van der Waals surface area contributed by atoms with Crippen molar-refractivity contribution in [3.8, 4) is 5.88 Å². The molecule has 0 saturated carbocycles. The zero-order valence-electron chi connectivity index (χ0n) is 14.8. The van der Waals surface area contributed by atoms with Gasteiger partial charge in [0, 0.05) is 0 Å². The predicted molar refractivity (Wildman–Crippen MR) is 91.8 cm³/mol. The van der Waals surface area contributed by atoms with Crippen molar-refractivity contribution in [1.29, 1.82) is 0 Å². The van der Waals surface area contributed by atoms with Gasteiger partial charge in [0.25, 0.3) is 0 Å². The summed E-state index contributed by atoms with van der Waals surface area (Å²) < 4.78 is 36.0. The molecule has 1 aliphatic heterocycles. The van der Waals surface area contributed by atoms with Gasteiger partial charge in [-0.25, -0.2) is 9.97 Å². The number of aromatic hydroxyl groups is 1. The number of rotatable bonds is 9. The normalized spacial score (nSPS) is 20.8. The van der Waals surface area contributed by atoms with Gasteiger partial charge in [-0.1, -0.05) is 0 Å². The number of hydrogen-bond donors (Lipinski definition) is 1. The lowest BCUT2D eigenvalue weighted by atomic mass is 10.2. The van der Waals surface area contributed by atoms with Crippen LogP contribution in [0.15, 0.2) is 12.7 Å². The molecule has 1 N–H and O–H groups in total. The number of aromatic nitrogens is 4. The van der Waals surface area contributed by atoms with Gasteiger partial charge in [-0.3, -0.25) is 9.13 Å². The maximum atomic E-state index is 12.4. The van der Waals surface area contributed by atoms with Crippen LogP contribution in [-0.4, -0.2) is 56.9 Å². The van der Waals surface area contributed by atoms with Crippen molar-refractivity contribution in [3.05, 3.63) is 12.7 Å². The van der Waals surface area contributed by atoms with E-state index < -0.39 is 7.60 Å². The van der Waals surface area contributed by atoms with Crippen LogP contribution < -0.4 is 0 Å². The Bertz CT molecular complexity index is 775. The molecule has 3 rings (SSSR count). The van der Waals surface area contributed by atoms with E-state index in [9.17, 15) is 9.67 Å². The maximum Gasteiger partial charge on any atom is 0.356 e. The summed E-state index contributed by atoms with van der Waals surface area (Å²) in [6.07, 6.45) is 3.87. The molecule has 0 aromatic carbocycles. The molecule has 3 heterocycles. The Labute approximate surface area is 151 Å². The second kappa shape index (κ2) is 8.41. The van der Waals surface area contributed by atoms with Crippen LogP contribution in [0.25, 0.3) is 11.2 Å². The largest absolute Gasteiger partial charge is 0.492 e. The van der Waals surface area contributed by atoms with E-state index in [1.165, 1.54) is 6.33 Å². The summed E-state index contributed by atoms with van der Waals surface area (Å²) in [5, 5.41) is 9.72. The van der Waals surface area contributed by atoms with Crippen molar-refractivity contribution >= 4 is 18.8 Å². The van der Waals surface area contributed by atoms with Crippen LogP contribution >= 0.6 is 7.60 Å². The number of fused-ring (bicyclic) bond motifs is 1. The molecule has 144 valence electrons. The highest BCUT2D eigenvalue weighted by Gasteiger charge is 2.30. The van der Waals surface area contributed by atoms with E-state index in [1.807, 2.05) is 0 Å². The fourth-order valence-electron chi connectivity index (χ4n) is 2.87. The highest BCUT2D eigenvalue weighted by molar-refractivity contribution is 7.53. The van der Waals surface area contributed by atoms with Gasteiger partial charge in [0.05, 0.1) is 32.3 Å². The van der Waals surface area contributed by atoms with Crippen molar-refractivity contribution in [1.82, 2.24) is 19.5 Å². The Morgan fingerprint density at radius 1 is 1.27 bits per heavy atom. The molecule has 26 heavy (non-hydrogen) atoms. The van der Waals surface area contributed by atoms with E-state index >= 15 is 0 Å². The Morgan fingerprint density at radius 3 is 2.77 bits per heavy atom. The Hall–Kier alpha value is -1.58. The molecule has 0 spiro atoms. The summed E-state index contributed by atoms with van der Waals surface area (Å²) in [5.41, 5.74) is 0.853. The summed E-state index contributed by atoms with van der Waals surface area (Å²) in [5.74, 6) is -0.158. The predicted octanol–water partition coefficient (Wildman–Crippen LogP) is 2.45. The second-order valence-electron chi connectivity index (χ2n) is 5.76. The summed E-state index contributed by atoms with van der Waals surface area (Å²) in [4.78, 5) is 12.0. The van der Waals surface area contributed by atoms with Crippen molar-refractivity contribution < 1.29 is 28.2 Å². The highest BCUT2D eigenvalue weighted by Crippen LogP contribution is 2.48. The van der Waals surface area contributed by atoms with Gasteiger partial charge in [-0.15, -0.1) is 0 Å². The fraction of sp³-hybridized carbons (Fsp3) is 0.667. The van der Waals surface area contributed by atoms with Crippen LogP contribution in [-0.2, 0) is 23.1 Å². The average molecular weight is 386 g/mol. The highest BCUT2D eigenvalue weighted by atomic mass is 31.2. The molecular formula is C15H23N4O6P. The lowest BCUT2D eigenvalue weighted by molar-refractivity contribution is -0.0352. The van der Waals surface area contributed by atoms with Crippen LogP contribution in [0.2, 0.25) is 0 Å². The lowest BCUT2D eigenvalue weighted by Crippen LogP contribution is -2.17. The number of ether oxygens (including phenoxy) is 2. The zero-order chi connectivity index (χ0) is 18.6. The zero-order valence-corrected chi connectivity index (χ0v) is 15.7. The Morgan fingerprint density at radius 2 is 2.04 bits per heavy atom. The third kappa shape index (κ3) is 4.21. The molecule has 0 bridgehead atoms. The van der Waals surface area contributed by atoms with E-state index in [0.29, 0.717) is 24.4 Å². The van der Waals surface area contributed by atoms with Crippen LogP contribution in [0.4, 0.5) is 0 Å². The minimum Gasteiger partial charge on any atom is -0.492 e. The first-order valence-electron chi connectivity index (χ1n) is 8.54. The van der Waals surface area contributed by atoms with Gasteiger partial charge in [-0.05, 0) is 26.7 Å². The first kappa shape index (κ1) is 19.2. The third-order valence-corrected chi connectivity index (χ3v) is 5.74. The molecule has 1 aliphatic rings. The van der Waals surface area contributed by atoms with Gasteiger partial charge in [0.1, 0.15) is 18.9 Å². The number of hydrogen-bond acceptors (Lipinski definition) is 9. The van der Waals surface area contributed by atoms with E-state index in [4.69, 9.17) is 18.5 Å².